The molecule has 0 unspecified atom stereocenters. The molecule has 2 aromatic rings. The summed E-state index contributed by atoms with van der Waals surface area (Å²) >= 11 is 17.3. The molecule has 0 aliphatic heterocycles. The Hall–Kier alpha value is -1.82. The minimum Gasteiger partial charge on any atom is -0.497 e. The summed E-state index contributed by atoms with van der Waals surface area (Å²) < 4.78 is 3.10. The Morgan fingerprint density at radius 1 is 1.13 bits per heavy atom. The topological polar surface area (TPSA) is 65.3 Å². The number of aromatic nitrogens is 1. The van der Waals surface area contributed by atoms with E-state index in [-0.39, 0.29) is 11.4 Å². The molecule has 0 aliphatic rings. The molecule has 0 aliphatic carbocycles. The Bertz CT molecular complexity index is 741. The highest BCUT2D eigenvalue weighted by Crippen LogP contribution is 2.41. The summed E-state index contributed by atoms with van der Waals surface area (Å²) in [5.74, 6) is 0.745. The van der Waals surface area contributed by atoms with Gasteiger partial charge < -0.3 is 4.74 Å². The number of hydrogen-bond donors (Lipinski definition) is 0. The van der Waals surface area contributed by atoms with Crippen LogP contribution in [0.5, 0.6) is 5.75 Å². The van der Waals surface area contributed by atoms with E-state index in [4.69, 9.17) is 39.5 Å². The van der Waals surface area contributed by atoms with Crippen LogP contribution < -0.4 is 4.74 Å². The van der Waals surface area contributed by atoms with Crippen LogP contribution in [0.1, 0.15) is 17.0 Å². The van der Waals surface area contributed by atoms with Gasteiger partial charge in [0.25, 0.3) is 5.69 Å². The van der Waals surface area contributed by atoms with Gasteiger partial charge in [0.2, 0.25) is 3.79 Å². The lowest BCUT2D eigenvalue weighted by Crippen LogP contribution is -2.09. The molecule has 8 heteroatoms. The molecule has 0 N–H and O–H groups in total. The van der Waals surface area contributed by atoms with E-state index in [9.17, 15) is 10.1 Å². The second kappa shape index (κ2) is 7.17. The van der Waals surface area contributed by atoms with E-state index in [1.165, 1.54) is 12.1 Å². The molecule has 2 rings (SSSR count). The van der Waals surface area contributed by atoms with Gasteiger partial charge in [0.1, 0.15) is 5.75 Å². The zero-order valence-electron chi connectivity index (χ0n) is 11.9. The third-order valence-corrected chi connectivity index (χ3v) is 3.46. The maximum absolute atomic E-state index is 11.0. The van der Waals surface area contributed by atoms with Gasteiger partial charge in [-0.1, -0.05) is 53.0 Å². The van der Waals surface area contributed by atoms with Crippen LogP contribution in [-0.4, -0.2) is 17.0 Å². The molecule has 1 aromatic heterocycles. The minimum absolute atomic E-state index is 0.218. The SMILES string of the molecule is COc1ccc(/C=C/c2ccc([N+](=O)[O-])c(C(Cl)(Cl)Cl)n2)cc1. The van der Waals surface area contributed by atoms with Crippen molar-refractivity contribution in [3.8, 4) is 5.75 Å². The van der Waals surface area contributed by atoms with Gasteiger partial charge in [0.05, 0.1) is 17.7 Å². The maximum Gasteiger partial charge on any atom is 0.295 e. The van der Waals surface area contributed by atoms with Crippen LogP contribution in [-0.2, 0) is 3.79 Å². The summed E-state index contributed by atoms with van der Waals surface area (Å²) in [7, 11) is 1.59. The first-order chi connectivity index (χ1) is 10.8. The van der Waals surface area contributed by atoms with Crippen LogP contribution in [0, 0.1) is 10.1 Å². The van der Waals surface area contributed by atoms with Gasteiger partial charge in [-0.2, -0.15) is 0 Å². The normalized spacial score (nSPS) is 11.7. The van der Waals surface area contributed by atoms with Gasteiger partial charge in [0.15, 0.2) is 5.69 Å². The molecule has 1 heterocycles. The number of pyridine rings is 1. The zero-order chi connectivity index (χ0) is 17.0. The molecule has 0 spiro atoms. The first kappa shape index (κ1) is 17.5. The number of rotatable bonds is 4. The average molecular weight is 374 g/mol. The molecular weight excluding hydrogens is 363 g/mol. The van der Waals surface area contributed by atoms with E-state index < -0.39 is 8.72 Å². The Kier molecular flexibility index (Phi) is 5.46. The fourth-order valence-corrected chi connectivity index (χ4v) is 2.23. The van der Waals surface area contributed by atoms with Crippen molar-refractivity contribution in [2.24, 2.45) is 0 Å². The van der Waals surface area contributed by atoms with Crippen LogP contribution in [0.4, 0.5) is 5.69 Å². The highest BCUT2D eigenvalue weighted by molar-refractivity contribution is 6.66. The second-order valence-corrected chi connectivity index (χ2v) is 6.75. The third kappa shape index (κ3) is 4.58. The second-order valence-electron chi connectivity index (χ2n) is 4.47. The lowest BCUT2D eigenvalue weighted by atomic mass is 10.2. The van der Waals surface area contributed by atoms with Crippen molar-refractivity contribution >= 4 is 52.6 Å². The van der Waals surface area contributed by atoms with Gasteiger partial charge in [-0.3, -0.25) is 10.1 Å². The summed E-state index contributed by atoms with van der Waals surface area (Å²) in [6.45, 7) is 0. The van der Waals surface area contributed by atoms with E-state index in [2.05, 4.69) is 4.98 Å². The van der Waals surface area contributed by atoms with Gasteiger partial charge in [0, 0.05) is 6.07 Å². The van der Waals surface area contributed by atoms with Crippen molar-refractivity contribution in [2.45, 2.75) is 3.79 Å². The maximum atomic E-state index is 11.0. The number of ether oxygens (including phenoxy) is 1. The Labute approximate surface area is 147 Å². The molecule has 0 radical (unpaired) electrons. The highest BCUT2D eigenvalue weighted by atomic mass is 35.6. The fraction of sp³-hybridized carbons (Fsp3) is 0.133. The van der Waals surface area contributed by atoms with Crippen LogP contribution in [0.25, 0.3) is 12.2 Å². The molecule has 0 bridgehead atoms. The Morgan fingerprint density at radius 2 is 1.78 bits per heavy atom. The largest absolute Gasteiger partial charge is 0.497 e. The van der Waals surface area contributed by atoms with Crippen molar-refractivity contribution in [2.75, 3.05) is 7.11 Å². The molecular formula is C15H11Cl3N2O3. The van der Waals surface area contributed by atoms with Crippen molar-refractivity contribution in [1.82, 2.24) is 4.98 Å². The van der Waals surface area contributed by atoms with Gasteiger partial charge in [-0.15, -0.1) is 0 Å². The summed E-state index contributed by atoms with van der Waals surface area (Å²) in [5.41, 5.74) is 0.783. The van der Waals surface area contributed by atoms with Crippen molar-refractivity contribution in [1.29, 1.82) is 0 Å². The molecule has 0 fully saturated rings. The smallest absolute Gasteiger partial charge is 0.295 e. The van der Waals surface area contributed by atoms with E-state index in [1.807, 2.05) is 24.3 Å². The number of nitrogens with zero attached hydrogens (tertiary/aromatic N) is 2. The van der Waals surface area contributed by atoms with Crippen molar-refractivity contribution in [3.63, 3.8) is 0 Å². The first-order valence-corrected chi connectivity index (χ1v) is 7.49. The quantitative estimate of drug-likeness (QED) is 0.430. The average Bonchev–Trinajstić information content (AvgIpc) is 2.52. The fourth-order valence-electron chi connectivity index (χ4n) is 1.81. The summed E-state index contributed by atoms with van der Waals surface area (Å²) in [4.78, 5) is 14.4. The molecule has 0 saturated heterocycles. The van der Waals surface area contributed by atoms with Crippen LogP contribution in [0.15, 0.2) is 36.4 Å². The zero-order valence-corrected chi connectivity index (χ0v) is 14.1. The minimum atomic E-state index is -1.98. The van der Waals surface area contributed by atoms with Crippen LogP contribution in [0.3, 0.4) is 0 Å². The van der Waals surface area contributed by atoms with Crippen molar-refractivity contribution in [3.05, 3.63) is 63.5 Å². The van der Waals surface area contributed by atoms with E-state index >= 15 is 0 Å². The number of halogens is 3. The molecule has 0 atom stereocenters. The molecule has 23 heavy (non-hydrogen) atoms. The number of nitro groups is 1. The summed E-state index contributed by atoms with van der Waals surface area (Å²) in [6, 6.07) is 10.1. The van der Waals surface area contributed by atoms with E-state index in [1.54, 1.807) is 19.3 Å². The predicted octanol–water partition coefficient (Wildman–Crippen LogP) is 5.00. The van der Waals surface area contributed by atoms with Crippen molar-refractivity contribution < 1.29 is 9.66 Å². The molecule has 0 saturated carbocycles. The van der Waals surface area contributed by atoms with Gasteiger partial charge >= 0.3 is 0 Å². The highest BCUT2D eigenvalue weighted by Gasteiger charge is 2.33. The standard InChI is InChI=1S/C15H11Cl3N2O3/c1-23-12-7-3-10(4-8-12)2-5-11-6-9-13(20(21)22)14(19-11)15(16,17)18/h2-9H,1H3/b5-2+. The Morgan fingerprint density at radius 3 is 2.30 bits per heavy atom. The number of methoxy groups -OCH3 is 1. The molecule has 120 valence electrons. The number of hydrogen-bond acceptors (Lipinski definition) is 4. The first-order valence-electron chi connectivity index (χ1n) is 6.36. The number of benzene rings is 1. The molecule has 5 nitrogen and oxygen atoms in total. The summed E-state index contributed by atoms with van der Waals surface area (Å²) in [5, 5.41) is 11.0. The van der Waals surface area contributed by atoms with E-state index in [0.29, 0.717) is 5.69 Å². The predicted molar refractivity (Wildman–Crippen MR) is 92.1 cm³/mol. The van der Waals surface area contributed by atoms with Gasteiger partial charge in [-0.25, -0.2) is 4.98 Å². The molecule has 0 amide bonds. The third-order valence-electron chi connectivity index (χ3n) is 2.92. The Balaban J connectivity index is 2.32. The lowest BCUT2D eigenvalue weighted by molar-refractivity contribution is -0.385. The summed E-state index contributed by atoms with van der Waals surface area (Å²) in [6.07, 6.45) is 3.46. The van der Waals surface area contributed by atoms with Crippen LogP contribution >= 0.6 is 34.8 Å². The monoisotopic (exact) mass is 372 g/mol. The van der Waals surface area contributed by atoms with E-state index in [0.717, 1.165) is 11.3 Å². The van der Waals surface area contributed by atoms with Crippen LogP contribution in [0.2, 0.25) is 0 Å². The number of alkyl halides is 3. The lowest BCUT2D eigenvalue weighted by Gasteiger charge is -2.10. The molecule has 1 aromatic carbocycles. The van der Waals surface area contributed by atoms with Gasteiger partial charge in [-0.05, 0) is 29.8 Å².